The smallest absolute Gasteiger partial charge is 0.338 e. The molecule has 2 aliphatic heterocycles. The van der Waals surface area contributed by atoms with Crippen molar-refractivity contribution in [1.29, 1.82) is 0 Å². The monoisotopic (exact) mass is 495 g/mol. The quantitative estimate of drug-likeness (QED) is 0.316. The van der Waals surface area contributed by atoms with Crippen LogP contribution in [0.2, 0.25) is 0 Å². The molecule has 8 heteroatoms. The Labute approximate surface area is 213 Å². The van der Waals surface area contributed by atoms with E-state index in [9.17, 15) is 14.4 Å². The van der Waals surface area contributed by atoms with E-state index in [1.54, 1.807) is 43.2 Å². The van der Waals surface area contributed by atoms with Gasteiger partial charge >= 0.3 is 12.0 Å². The number of para-hydroxylation sites is 1. The zero-order chi connectivity index (χ0) is 25.7. The molecule has 37 heavy (non-hydrogen) atoms. The standard InChI is InChI=1S/C29H25N3O5/c1-3-37-28(34)17-11-13-19(14-12-17)31-27(33)24-16-22-21-9-4-5-10-23(21)30-25(22)26(32(24)29(31)35)18-7-6-8-20(15-18)36-2/h4-15,24,26,30H,3,16H2,1-2H3/t24-,26-/m0/s1. The first-order chi connectivity index (χ1) is 18.0. The van der Waals surface area contributed by atoms with Crippen LogP contribution in [0.3, 0.4) is 0 Å². The van der Waals surface area contributed by atoms with E-state index in [4.69, 9.17) is 9.47 Å². The molecule has 4 aromatic rings. The van der Waals surface area contributed by atoms with Gasteiger partial charge in [-0.25, -0.2) is 14.5 Å². The van der Waals surface area contributed by atoms with E-state index in [0.717, 1.165) is 27.7 Å². The maximum absolute atomic E-state index is 13.9. The van der Waals surface area contributed by atoms with Crippen LogP contribution >= 0.6 is 0 Å². The van der Waals surface area contributed by atoms with Gasteiger partial charge in [0, 0.05) is 23.0 Å². The summed E-state index contributed by atoms with van der Waals surface area (Å²) in [5, 5.41) is 1.04. The third-order valence-corrected chi connectivity index (χ3v) is 7.10. The highest BCUT2D eigenvalue weighted by Gasteiger charge is 2.53. The number of hydrogen-bond donors (Lipinski definition) is 1. The van der Waals surface area contributed by atoms with Crippen LogP contribution in [0.25, 0.3) is 10.9 Å². The maximum atomic E-state index is 13.9. The van der Waals surface area contributed by atoms with Gasteiger partial charge in [0.05, 0.1) is 25.0 Å². The molecule has 0 spiro atoms. The van der Waals surface area contributed by atoms with Crippen molar-refractivity contribution in [2.24, 2.45) is 0 Å². The van der Waals surface area contributed by atoms with E-state index in [1.165, 1.54) is 4.90 Å². The Morgan fingerprint density at radius 2 is 1.81 bits per heavy atom. The van der Waals surface area contributed by atoms with Crippen molar-refractivity contribution in [2.45, 2.75) is 25.4 Å². The summed E-state index contributed by atoms with van der Waals surface area (Å²) in [7, 11) is 1.60. The van der Waals surface area contributed by atoms with Crippen LogP contribution in [0, 0.1) is 0 Å². The molecule has 3 aromatic carbocycles. The summed E-state index contributed by atoms with van der Waals surface area (Å²) in [4.78, 5) is 46.2. The number of esters is 1. The molecule has 1 aromatic heterocycles. The first kappa shape index (κ1) is 22.8. The molecule has 0 aliphatic carbocycles. The molecular weight excluding hydrogens is 470 g/mol. The number of carbonyl (C=O) groups excluding carboxylic acids is 3. The lowest BCUT2D eigenvalue weighted by molar-refractivity contribution is -0.120. The molecule has 0 bridgehead atoms. The highest BCUT2D eigenvalue weighted by molar-refractivity contribution is 6.22. The van der Waals surface area contributed by atoms with Gasteiger partial charge in [-0.3, -0.25) is 9.69 Å². The second-order valence-corrected chi connectivity index (χ2v) is 9.09. The van der Waals surface area contributed by atoms with Crippen molar-refractivity contribution in [3.05, 3.63) is 95.2 Å². The minimum atomic E-state index is -0.667. The zero-order valence-corrected chi connectivity index (χ0v) is 20.4. The van der Waals surface area contributed by atoms with Crippen LogP contribution in [0.15, 0.2) is 72.8 Å². The van der Waals surface area contributed by atoms with Crippen LogP contribution in [0.4, 0.5) is 10.5 Å². The molecule has 8 nitrogen and oxygen atoms in total. The first-order valence-corrected chi connectivity index (χ1v) is 12.2. The lowest BCUT2D eigenvalue weighted by Crippen LogP contribution is -2.44. The first-order valence-electron chi connectivity index (χ1n) is 12.2. The topological polar surface area (TPSA) is 91.9 Å². The Kier molecular flexibility index (Phi) is 5.44. The number of ether oxygens (including phenoxy) is 2. The fraction of sp³-hybridized carbons (Fsp3) is 0.207. The maximum Gasteiger partial charge on any atom is 0.338 e. The van der Waals surface area contributed by atoms with Crippen LogP contribution in [-0.4, -0.2) is 47.6 Å². The SMILES string of the molecule is CCOC(=O)c1ccc(N2C(=O)[C@@H]3Cc4c([nH]c5ccccc45)[C@H](c4cccc(OC)c4)N3C2=O)cc1. The second kappa shape index (κ2) is 8.81. The van der Waals surface area contributed by atoms with Gasteiger partial charge in [0.15, 0.2) is 0 Å². The van der Waals surface area contributed by atoms with Gasteiger partial charge in [-0.1, -0.05) is 30.3 Å². The Hall–Kier alpha value is -4.59. The number of nitrogens with one attached hydrogen (secondary N) is 1. The molecule has 3 heterocycles. The molecule has 2 aliphatic rings. The number of H-pyrrole nitrogens is 1. The number of hydrogen-bond acceptors (Lipinski definition) is 5. The minimum absolute atomic E-state index is 0.265. The number of anilines is 1. The molecule has 1 N–H and O–H groups in total. The molecule has 1 fully saturated rings. The molecule has 0 saturated carbocycles. The lowest BCUT2D eigenvalue weighted by atomic mass is 9.89. The van der Waals surface area contributed by atoms with Crippen molar-refractivity contribution < 1.29 is 23.9 Å². The fourth-order valence-electron chi connectivity index (χ4n) is 5.43. The normalized spacial score (nSPS) is 18.6. The second-order valence-electron chi connectivity index (χ2n) is 9.09. The Morgan fingerprint density at radius 1 is 1.03 bits per heavy atom. The largest absolute Gasteiger partial charge is 0.497 e. The predicted octanol–water partition coefficient (Wildman–Crippen LogP) is 4.84. The molecule has 186 valence electrons. The number of urea groups is 1. The lowest BCUT2D eigenvalue weighted by Gasteiger charge is -2.36. The number of carbonyl (C=O) groups is 3. The number of rotatable bonds is 5. The number of methoxy groups -OCH3 is 1. The van der Waals surface area contributed by atoms with Crippen molar-refractivity contribution in [1.82, 2.24) is 9.88 Å². The molecule has 6 rings (SSSR count). The summed E-state index contributed by atoms with van der Waals surface area (Å²) < 4.78 is 10.5. The van der Waals surface area contributed by atoms with E-state index < -0.39 is 24.1 Å². The van der Waals surface area contributed by atoms with Crippen molar-refractivity contribution in [2.75, 3.05) is 18.6 Å². The van der Waals surface area contributed by atoms with E-state index in [-0.39, 0.29) is 12.5 Å². The Bertz CT molecular complexity index is 1540. The van der Waals surface area contributed by atoms with E-state index in [2.05, 4.69) is 4.98 Å². The minimum Gasteiger partial charge on any atom is -0.497 e. The van der Waals surface area contributed by atoms with Gasteiger partial charge < -0.3 is 14.5 Å². The molecule has 2 atom stereocenters. The van der Waals surface area contributed by atoms with E-state index in [0.29, 0.717) is 23.4 Å². The molecular formula is C29H25N3O5. The fourth-order valence-corrected chi connectivity index (χ4v) is 5.43. The summed E-state index contributed by atoms with van der Waals surface area (Å²) in [5.41, 5.74) is 4.51. The summed E-state index contributed by atoms with van der Waals surface area (Å²) in [5.74, 6) is -0.0756. The Balaban J connectivity index is 1.45. The van der Waals surface area contributed by atoms with Crippen LogP contribution < -0.4 is 9.64 Å². The van der Waals surface area contributed by atoms with Crippen LogP contribution in [0.1, 0.15) is 40.1 Å². The highest BCUT2D eigenvalue weighted by Crippen LogP contribution is 2.45. The third kappa shape index (κ3) is 3.56. The Morgan fingerprint density at radius 3 is 2.57 bits per heavy atom. The molecule has 1 saturated heterocycles. The third-order valence-electron chi connectivity index (χ3n) is 7.10. The van der Waals surface area contributed by atoms with Gasteiger partial charge in [-0.15, -0.1) is 0 Å². The van der Waals surface area contributed by atoms with Gasteiger partial charge in [0.25, 0.3) is 5.91 Å². The summed E-state index contributed by atoms with van der Waals surface area (Å²) in [6.45, 7) is 2.00. The van der Waals surface area contributed by atoms with Crippen molar-refractivity contribution >= 4 is 34.5 Å². The van der Waals surface area contributed by atoms with Crippen LogP contribution in [-0.2, 0) is 16.0 Å². The predicted molar refractivity (Wildman–Crippen MR) is 138 cm³/mol. The number of imide groups is 1. The highest BCUT2D eigenvalue weighted by atomic mass is 16.5. The van der Waals surface area contributed by atoms with Crippen molar-refractivity contribution in [3.8, 4) is 5.75 Å². The zero-order valence-electron chi connectivity index (χ0n) is 20.4. The van der Waals surface area contributed by atoms with Crippen molar-refractivity contribution in [3.63, 3.8) is 0 Å². The summed E-state index contributed by atoms with van der Waals surface area (Å²) in [6.07, 6.45) is 0.405. The average Bonchev–Trinajstić information content (AvgIpc) is 3.42. The number of benzene rings is 3. The number of aromatic amines is 1. The average molecular weight is 496 g/mol. The van der Waals surface area contributed by atoms with Gasteiger partial charge in [-0.2, -0.15) is 0 Å². The summed E-state index contributed by atoms with van der Waals surface area (Å²) in [6, 6.07) is 20.3. The number of amides is 3. The van der Waals surface area contributed by atoms with Crippen LogP contribution in [0.5, 0.6) is 5.75 Å². The number of nitrogens with zero attached hydrogens (tertiary/aromatic N) is 2. The molecule has 3 amide bonds. The van der Waals surface area contributed by atoms with E-state index in [1.807, 2.05) is 48.5 Å². The summed E-state index contributed by atoms with van der Waals surface area (Å²) >= 11 is 0. The number of fused-ring (bicyclic) bond motifs is 4. The van der Waals surface area contributed by atoms with E-state index >= 15 is 0 Å². The van der Waals surface area contributed by atoms with Gasteiger partial charge in [-0.05, 0) is 60.5 Å². The number of aromatic nitrogens is 1. The molecule has 0 unspecified atom stereocenters. The van der Waals surface area contributed by atoms with Gasteiger partial charge in [0.1, 0.15) is 17.8 Å². The molecule has 0 radical (unpaired) electrons. The van der Waals surface area contributed by atoms with Gasteiger partial charge in [0.2, 0.25) is 0 Å².